The summed E-state index contributed by atoms with van der Waals surface area (Å²) in [6.45, 7) is 5.99. The first kappa shape index (κ1) is 21.7. The Morgan fingerprint density at radius 2 is 1.96 bits per heavy atom. The fourth-order valence-corrected chi connectivity index (χ4v) is 2.82. The molecule has 0 aromatic rings. The maximum absolute atomic E-state index is 11.9. The van der Waals surface area contributed by atoms with Crippen molar-refractivity contribution in [1.82, 2.24) is 0 Å². The summed E-state index contributed by atoms with van der Waals surface area (Å²) in [6.07, 6.45) is 8.65. The molecule has 1 unspecified atom stereocenters. The van der Waals surface area contributed by atoms with Crippen LogP contribution < -0.4 is 0 Å². The van der Waals surface area contributed by atoms with E-state index in [9.17, 15) is 14.7 Å². The van der Waals surface area contributed by atoms with E-state index >= 15 is 0 Å². The Kier molecular flexibility index (Phi) is 10.5. The van der Waals surface area contributed by atoms with Crippen LogP contribution in [0, 0.1) is 5.92 Å². The van der Waals surface area contributed by atoms with Gasteiger partial charge in [0.15, 0.2) is 6.10 Å². The van der Waals surface area contributed by atoms with E-state index in [-0.39, 0.29) is 18.5 Å². The van der Waals surface area contributed by atoms with Gasteiger partial charge in [-0.15, -0.1) is 0 Å². The van der Waals surface area contributed by atoms with Crippen molar-refractivity contribution in [3.8, 4) is 0 Å². The minimum Gasteiger partial charge on any atom is -0.456 e. The highest BCUT2D eigenvalue weighted by atomic mass is 16.6. The second kappa shape index (κ2) is 12.1. The van der Waals surface area contributed by atoms with Gasteiger partial charge in [-0.3, -0.25) is 4.79 Å². The summed E-state index contributed by atoms with van der Waals surface area (Å²) < 4.78 is 10.6. The number of aliphatic hydroxyl groups excluding tert-OH is 1. The van der Waals surface area contributed by atoms with Crippen LogP contribution in [0.1, 0.15) is 78.6 Å². The Balaban J connectivity index is 2.37. The molecule has 25 heavy (non-hydrogen) atoms. The molecular weight excluding hydrogens is 320 g/mol. The lowest BCUT2D eigenvalue weighted by atomic mass is 10.0. The van der Waals surface area contributed by atoms with Crippen molar-refractivity contribution in [3.05, 3.63) is 11.6 Å². The molecule has 0 aromatic carbocycles. The zero-order chi connectivity index (χ0) is 18.7. The summed E-state index contributed by atoms with van der Waals surface area (Å²) >= 11 is 0. The molecule has 1 rings (SSSR count). The van der Waals surface area contributed by atoms with Gasteiger partial charge in [0.1, 0.15) is 6.10 Å². The molecule has 1 N–H and O–H groups in total. The van der Waals surface area contributed by atoms with Crippen molar-refractivity contribution < 1.29 is 24.2 Å². The summed E-state index contributed by atoms with van der Waals surface area (Å²) in [5.41, 5.74) is 0.615. The molecule has 0 saturated carbocycles. The zero-order valence-electron chi connectivity index (χ0n) is 16.0. The maximum atomic E-state index is 11.9. The molecule has 1 aliphatic heterocycles. The quantitative estimate of drug-likeness (QED) is 0.327. The number of esters is 2. The monoisotopic (exact) mass is 354 g/mol. The van der Waals surface area contributed by atoms with E-state index in [0.29, 0.717) is 24.3 Å². The molecule has 1 aliphatic rings. The van der Waals surface area contributed by atoms with Crippen LogP contribution in [0.5, 0.6) is 0 Å². The lowest BCUT2D eigenvalue weighted by Gasteiger charge is -2.20. The van der Waals surface area contributed by atoms with Gasteiger partial charge in [0.25, 0.3) is 0 Å². The molecule has 0 aliphatic carbocycles. The van der Waals surface area contributed by atoms with E-state index in [2.05, 4.69) is 20.8 Å². The van der Waals surface area contributed by atoms with E-state index in [4.69, 9.17) is 9.47 Å². The van der Waals surface area contributed by atoms with E-state index in [1.54, 1.807) is 0 Å². The summed E-state index contributed by atoms with van der Waals surface area (Å²) in [6, 6.07) is 0. The Morgan fingerprint density at radius 3 is 2.60 bits per heavy atom. The lowest BCUT2D eigenvalue weighted by molar-refractivity contribution is -0.164. The first-order valence-corrected chi connectivity index (χ1v) is 9.68. The normalized spacial score (nSPS) is 20.1. The number of carbonyl (C=O) groups is 2. The summed E-state index contributed by atoms with van der Waals surface area (Å²) in [5.74, 6) is -0.232. The van der Waals surface area contributed by atoms with Gasteiger partial charge >= 0.3 is 11.9 Å². The number of cyclic esters (lactones) is 1. The molecule has 1 saturated heterocycles. The van der Waals surface area contributed by atoms with E-state index in [1.165, 1.54) is 19.3 Å². The molecule has 0 spiro atoms. The van der Waals surface area contributed by atoms with Crippen molar-refractivity contribution >= 4 is 11.9 Å². The number of hydrogen-bond acceptors (Lipinski definition) is 5. The number of unbranched alkanes of at least 4 members (excludes halogenated alkanes) is 5. The van der Waals surface area contributed by atoms with Gasteiger partial charge in [0.05, 0.1) is 6.61 Å². The van der Waals surface area contributed by atoms with E-state index in [0.717, 1.165) is 25.7 Å². The van der Waals surface area contributed by atoms with Gasteiger partial charge in [0, 0.05) is 18.4 Å². The second-order valence-corrected chi connectivity index (χ2v) is 7.24. The first-order chi connectivity index (χ1) is 12.0. The van der Waals surface area contributed by atoms with Crippen molar-refractivity contribution in [1.29, 1.82) is 0 Å². The molecule has 0 radical (unpaired) electrons. The smallest absolute Gasteiger partial charge is 0.334 e. The van der Waals surface area contributed by atoms with E-state index in [1.807, 2.05) is 6.08 Å². The maximum Gasteiger partial charge on any atom is 0.334 e. The van der Waals surface area contributed by atoms with Gasteiger partial charge in [-0.05, 0) is 18.8 Å². The predicted molar refractivity (Wildman–Crippen MR) is 97.0 cm³/mol. The Labute approximate surface area is 151 Å². The van der Waals surface area contributed by atoms with Crippen molar-refractivity contribution in [2.45, 2.75) is 90.8 Å². The molecule has 2 atom stereocenters. The Morgan fingerprint density at radius 1 is 1.28 bits per heavy atom. The second-order valence-electron chi connectivity index (χ2n) is 7.24. The highest BCUT2D eigenvalue weighted by Gasteiger charge is 2.36. The number of hydrogen-bond donors (Lipinski definition) is 1. The van der Waals surface area contributed by atoms with Crippen molar-refractivity contribution in [3.63, 3.8) is 0 Å². The average Bonchev–Trinajstić information content (AvgIpc) is 2.94. The Hall–Kier alpha value is -1.36. The van der Waals surface area contributed by atoms with Crippen LogP contribution in [0.3, 0.4) is 0 Å². The molecule has 144 valence electrons. The average molecular weight is 354 g/mol. The summed E-state index contributed by atoms with van der Waals surface area (Å²) in [4.78, 5) is 23.8. The molecule has 1 fully saturated rings. The largest absolute Gasteiger partial charge is 0.456 e. The Bertz CT molecular complexity index is 441. The van der Waals surface area contributed by atoms with Crippen LogP contribution in [-0.2, 0) is 19.1 Å². The standard InChI is InChI=1S/C20H34O5/c1-4-5-6-7-8-9-10-19(22)24-18(14-21)17-13-16(20(23)25-17)12-11-15(2)3/h12,15,17-18,21H,4-11,13-14H2,1-3H3/b16-12+/t17?,18-/m0/s1. The molecule has 0 bridgehead atoms. The van der Waals surface area contributed by atoms with Gasteiger partial charge in [-0.2, -0.15) is 0 Å². The lowest BCUT2D eigenvalue weighted by Crippen LogP contribution is -2.34. The van der Waals surface area contributed by atoms with Crippen LogP contribution in [0.25, 0.3) is 0 Å². The minimum absolute atomic E-state index is 0.329. The van der Waals surface area contributed by atoms with Crippen LogP contribution in [0.2, 0.25) is 0 Å². The number of allylic oxidation sites excluding steroid dienone is 1. The highest BCUT2D eigenvalue weighted by molar-refractivity contribution is 5.90. The summed E-state index contributed by atoms with van der Waals surface area (Å²) in [5, 5.41) is 9.51. The number of carbonyl (C=O) groups excluding carboxylic acids is 2. The van der Waals surface area contributed by atoms with Crippen molar-refractivity contribution in [2.24, 2.45) is 5.92 Å². The van der Waals surface area contributed by atoms with Crippen molar-refractivity contribution in [2.75, 3.05) is 6.61 Å². The third-order valence-electron chi connectivity index (χ3n) is 4.39. The van der Waals surface area contributed by atoms with Gasteiger partial charge in [-0.25, -0.2) is 4.79 Å². The van der Waals surface area contributed by atoms with Crippen LogP contribution in [0.15, 0.2) is 11.6 Å². The first-order valence-electron chi connectivity index (χ1n) is 9.68. The predicted octanol–water partition coefficient (Wildman–Crippen LogP) is 3.93. The molecule has 5 nitrogen and oxygen atoms in total. The van der Waals surface area contributed by atoms with Crippen LogP contribution in [-0.4, -0.2) is 35.9 Å². The third-order valence-corrected chi connectivity index (χ3v) is 4.39. The molecule has 0 aromatic heterocycles. The van der Waals surface area contributed by atoms with Crippen LogP contribution >= 0.6 is 0 Å². The fourth-order valence-electron chi connectivity index (χ4n) is 2.82. The van der Waals surface area contributed by atoms with Crippen LogP contribution in [0.4, 0.5) is 0 Å². The molecule has 0 amide bonds. The zero-order valence-corrected chi connectivity index (χ0v) is 16.0. The van der Waals surface area contributed by atoms with E-state index < -0.39 is 12.2 Å². The SMILES string of the molecule is CCCCCCCCC(=O)O[C@@H](CO)C1C/C(=C\CC(C)C)C(=O)O1. The highest BCUT2D eigenvalue weighted by Crippen LogP contribution is 2.25. The molecule has 5 heteroatoms. The van der Waals surface area contributed by atoms with Gasteiger partial charge in [0.2, 0.25) is 0 Å². The molecule has 1 heterocycles. The van der Waals surface area contributed by atoms with Gasteiger partial charge < -0.3 is 14.6 Å². The third kappa shape index (κ3) is 8.52. The minimum atomic E-state index is -0.776. The number of aliphatic hydroxyl groups is 1. The summed E-state index contributed by atoms with van der Waals surface area (Å²) in [7, 11) is 0. The fraction of sp³-hybridized carbons (Fsp3) is 0.800. The molecular formula is C20H34O5. The van der Waals surface area contributed by atoms with Gasteiger partial charge in [-0.1, -0.05) is 59.0 Å². The number of rotatable bonds is 12. The topological polar surface area (TPSA) is 72.8 Å². The number of ether oxygens (including phenoxy) is 2.